The third-order valence-corrected chi connectivity index (χ3v) is 7.72. The molecule has 6 nitrogen and oxygen atoms in total. The number of H-pyrrole nitrogens is 1. The van der Waals surface area contributed by atoms with Crippen LogP contribution in [0.1, 0.15) is 55.3 Å². The monoisotopic (exact) mass is 411 g/mol. The van der Waals surface area contributed by atoms with E-state index in [2.05, 4.69) is 40.4 Å². The molecule has 2 aliphatic carbocycles. The summed E-state index contributed by atoms with van der Waals surface area (Å²) in [6, 6.07) is 6.49. The minimum Gasteiger partial charge on any atom is -0.394 e. The van der Waals surface area contributed by atoms with Gasteiger partial charge in [0.15, 0.2) is 0 Å². The van der Waals surface area contributed by atoms with E-state index in [-0.39, 0.29) is 30.5 Å². The highest BCUT2D eigenvalue weighted by molar-refractivity contribution is 5.91. The molecule has 3 aliphatic rings. The molecule has 1 saturated heterocycles. The number of carbonyl (C=O) groups excluding carboxylic acids is 1. The summed E-state index contributed by atoms with van der Waals surface area (Å²) in [7, 11) is 3.91. The van der Waals surface area contributed by atoms with Crippen molar-refractivity contribution < 1.29 is 14.6 Å². The Labute approximate surface area is 178 Å². The molecular formula is C24H33N3O3. The molecule has 1 saturated carbocycles. The summed E-state index contributed by atoms with van der Waals surface area (Å²) in [6.45, 7) is 2.66. The van der Waals surface area contributed by atoms with Crippen molar-refractivity contribution >= 4 is 16.8 Å². The minimum absolute atomic E-state index is 0.0170. The number of fused-ring (bicyclic) bond motifs is 2. The number of aromatic amines is 1. The number of hydrogen-bond donors (Lipinski definition) is 3. The van der Waals surface area contributed by atoms with E-state index in [4.69, 9.17) is 4.74 Å². The maximum Gasteiger partial charge on any atom is 0.224 e. The number of nitrogens with zero attached hydrogens (tertiary/aromatic N) is 1. The number of ether oxygens (including phenoxy) is 1. The lowest BCUT2D eigenvalue weighted by molar-refractivity contribution is -0.148. The predicted molar refractivity (Wildman–Crippen MR) is 116 cm³/mol. The van der Waals surface area contributed by atoms with Crippen LogP contribution in [0, 0.1) is 5.92 Å². The lowest BCUT2D eigenvalue weighted by Crippen LogP contribution is -2.61. The molecule has 5 rings (SSSR count). The van der Waals surface area contributed by atoms with E-state index in [0.29, 0.717) is 18.9 Å². The van der Waals surface area contributed by atoms with E-state index < -0.39 is 5.60 Å². The first-order chi connectivity index (χ1) is 14.5. The topological polar surface area (TPSA) is 77.6 Å². The zero-order chi connectivity index (χ0) is 21.0. The van der Waals surface area contributed by atoms with Crippen molar-refractivity contribution in [2.45, 2.75) is 62.6 Å². The van der Waals surface area contributed by atoms with Gasteiger partial charge in [0.05, 0.1) is 18.6 Å². The number of aliphatic hydroxyl groups excluding tert-OH is 1. The fraction of sp³-hybridized carbons (Fsp3) is 0.625. The standard InChI is InChI=1S/C24H33N3O3/c1-4-16(13-28)25-23(29)15-11-24(30-3)18-6-5-7-19-21(18)17(10-20(24)27(2)12-15)22(26-19)14-8-9-14/h5-7,14-16,20,26,28H,4,8-13H2,1-3H3,(H,25,29)/t15?,16?,20-,24+/m1/s1. The van der Waals surface area contributed by atoms with Crippen LogP contribution in [0.25, 0.3) is 10.9 Å². The quantitative estimate of drug-likeness (QED) is 0.683. The largest absolute Gasteiger partial charge is 0.394 e. The Morgan fingerprint density at radius 1 is 1.43 bits per heavy atom. The lowest BCUT2D eigenvalue weighted by Gasteiger charge is -2.52. The van der Waals surface area contributed by atoms with Crippen LogP contribution in [0.4, 0.5) is 0 Å². The van der Waals surface area contributed by atoms with Crippen LogP contribution in [0.3, 0.4) is 0 Å². The van der Waals surface area contributed by atoms with Gasteiger partial charge in [-0.05, 0) is 62.3 Å². The molecule has 2 aromatic rings. The van der Waals surface area contributed by atoms with Crippen LogP contribution in [0.5, 0.6) is 0 Å². The Bertz CT molecular complexity index is 962. The second-order valence-electron chi connectivity index (χ2n) is 9.47. The SMILES string of the molecule is CCC(CO)NC(=O)C1CN(C)[C@@H]2Cc3c(C4CC4)[nH]c4cccc(c34)[C@@]2(OC)C1. The second kappa shape index (κ2) is 7.36. The average molecular weight is 412 g/mol. The Morgan fingerprint density at radius 2 is 2.23 bits per heavy atom. The van der Waals surface area contributed by atoms with Gasteiger partial charge in [-0.2, -0.15) is 0 Å². The highest BCUT2D eigenvalue weighted by atomic mass is 16.5. The molecule has 1 aliphatic heterocycles. The Kier molecular flexibility index (Phi) is 4.92. The fourth-order valence-electron chi connectivity index (χ4n) is 5.92. The highest BCUT2D eigenvalue weighted by Crippen LogP contribution is 2.53. The number of rotatable bonds is 6. The first kappa shape index (κ1) is 20.0. The maximum atomic E-state index is 13.1. The van der Waals surface area contributed by atoms with Gasteiger partial charge in [0.25, 0.3) is 0 Å². The number of nitrogens with one attached hydrogen (secondary N) is 2. The summed E-state index contributed by atoms with van der Waals surface area (Å²) in [4.78, 5) is 19.1. The van der Waals surface area contributed by atoms with Crippen LogP contribution < -0.4 is 5.32 Å². The molecule has 0 bridgehead atoms. The van der Waals surface area contributed by atoms with E-state index in [9.17, 15) is 9.90 Å². The number of aromatic nitrogens is 1. The molecule has 1 aromatic heterocycles. The number of piperidine rings is 1. The van der Waals surface area contributed by atoms with E-state index >= 15 is 0 Å². The Hall–Kier alpha value is -1.89. The number of likely N-dealkylation sites (tertiary alicyclic amines) is 1. The molecular weight excluding hydrogens is 378 g/mol. The Balaban J connectivity index is 1.56. The number of likely N-dealkylation sites (N-methyl/N-ethyl adjacent to an activating group) is 1. The van der Waals surface area contributed by atoms with Crippen molar-refractivity contribution in [2.24, 2.45) is 5.92 Å². The summed E-state index contributed by atoms with van der Waals surface area (Å²) in [5.41, 5.74) is 4.78. The molecule has 0 spiro atoms. The maximum absolute atomic E-state index is 13.1. The van der Waals surface area contributed by atoms with E-state index in [1.807, 2.05) is 6.92 Å². The molecule has 2 unspecified atom stereocenters. The van der Waals surface area contributed by atoms with Gasteiger partial charge < -0.3 is 20.1 Å². The van der Waals surface area contributed by atoms with Crippen LogP contribution in [0.2, 0.25) is 0 Å². The molecule has 4 atom stereocenters. The van der Waals surface area contributed by atoms with E-state index in [1.165, 1.54) is 40.6 Å². The number of hydrogen-bond acceptors (Lipinski definition) is 4. The van der Waals surface area contributed by atoms with Crippen molar-refractivity contribution in [3.8, 4) is 0 Å². The summed E-state index contributed by atoms with van der Waals surface area (Å²) >= 11 is 0. The van der Waals surface area contributed by atoms with Crippen LogP contribution in [-0.2, 0) is 21.6 Å². The number of amides is 1. The zero-order valence-corrected chi connectivity index (χ0v) is 18.2. The van der Waals surface area contributed by atoms with Gasteiger partial charge in [0, 0.05) is 36.3 Å². The van der Waals surface area contributed by atoms with Crippen LogP contribution in [-0.4, -0.2) is 60.3 Å². The first-order valence-corrected chi connectivity index (χ1v) is 11.3. The highest BCUT2D eigenvalue weighted by Gasteiger charge is 2.53. The van der Waals surface area contributed by atoms with Gasteiger partial charge in [0.2, 0.25) is 5.91 Å². The van der Waals surface area contributed by atoms with E-state index in [1.54, 1.807) is 7.11 Å². The third-order valence-electron chi connectivity index (χ3n) is 7.72. The van der Waals surface area contributed by atoms with Gasteiger partial charge in [-0.3, -0.25) is 9.69 Å². The van der Waals surface area contributed by atoms with Crippen LogP contribution >= 0.6 is 0 Å². The summed E-state index contributed by atoms with van der Waals surface area (Å²) in [6.07, 6.45) is 4.89. The number of aliphatic hydroxyl groups is 1. The Morgan fingerprint density at radius 3 is 2.90 bits per heavy atom. The summed E-state index contributed by atoms with van der Waals surface area (Å²) in [5.74, 6) is 0.515. The smallest absolute Gasteiger partial charge is 0.224 e. The van der Waals surface area contributed by atoms with Gasteiger partial charge in [-0.15, -0.1) is 0 Å². The lowest BCUT2D eigenvalue weighted by atomic mass is 9.68. The molecule has 6 heteroatoms. The molecule has 2 fully saturated rings. The zero-order valence-electron chi connectivity index (χ0n) is 18.2. The second-order valence-corrected chi connectivity index (χ2v) is 9.47. The van der Waals surface area contributed by atoms with Crippen molar-refractivity contribution in [3.63, 3.8) is 0 Å². The molecule has 2 heterocycles. The normalized spacial score (nSPS) is 29.6. The molecule has 0 radical (unpaired) electrons. The van der Waals surface area contributed by atoms with Crippen molar-refractivity contribution in [3.05, 3.63) is 35.0 Å². The van der Waals surface area contributed by atoms with Gasteiger partial charge in [-0.25, -0.2) is 0 Å². The third kappa shape index (κ3) is 2.92. The molecule has 3 N–H and O–H groups in total. The number of methoxy groups -OCH3 is 1. The molecule has 162 valence electrons. The van der Waals surface area contributed by atoms with Gasteiger partial charge >= 0.3 is 0 Å². The fourth-order valence-corrected chi connectivity index (χ4v) is 5.92. The van der Waals surface area contributed by atoms with Crippen molar-refractivity contribution in [2.75, 3.05) is 27.3 Å². The van der Waals surface area contributed by atoms with E-state index in [0.717, 1.165) is 12.8 Å². The van der Waals surface area contributed by atoms with Crippen LogP contribution in [0.15, 0.2) is 18.2 Å². The predicted octanol–water partition coefficient (Wildman–Crippen LogP) is 2.65. The van der Waals surface area contributed by atoms with Gasteiger partial charge in [0.1, 0.15) is 5.60 Å². The van der Waals surface area contributed by atoms with Crippen molar-refractivity contribution in [1.82, 2.24) is 15.2 Å². The summed E-state index contributed by atoms with van der Waals surface area (Å²) in [5, 5.41) is 13.9. The van der Waals surface area contributed by atoms with Gasteiger partial charge in [-0.1, -0.05) is 19.1 Å². The minimum atomic E-state index is -0.508. The molecule has 1 aromatic carbocycles. The first-order valence-electron chi connectivity index (χ1n) is 11.3. The molecule has 30 heavy (non-hydrogen) atoms. The number of carbonyl (C=O) groups is 1. The van der Waals surface area contributed by atoms with Crippen molar-refractivity contribution in [1.29, 1.82) is 0 Å². The molecule has 1 amide bonds. The number of benzene rings is 1. The average Bonchev–Trinajstić information content (AvgIpc) is 3.54. The summed E-state index contributed by atoms with van der Waals surface area (Å²) < 4.78 is 6.34.